The van der Waals surface area contributed by atoms with E-state index < -0.39 is 10.2 Å². The van der Waals surface area contributed by atoms with E-state index in [1.165, 1.54) is 29.3 Å². The summed E-state index contributed by atoms with van der Waals surface area (Å²) in [4.78, 5) is 0. The van der Waals surface area contributed by atoms with Crippen LogP contribution in [0.15, 0.2) is 31.0 Å². The third kappa shape index (κ3) is 4.26. The number of fused-ring (bicyclic) bond motifs is 1. The highest BCUT2D eigenvalue weighted by Gasteiger charge is 2.14. The second kappa shape index (κ2) is 7.51. The first-order valence-electron chi connectivity index (χ1n) is 8.16. The normalized spacial score (nSPS) is 12.4. The molecule has 0 amide bonds. The number of nitrogens with one attached hydrogen (secondary N) is 1. The highest BCUT2D eigenvalue weighted by Crippen LogP contribution is 2.24. The minimum absolute atomic E-state index is 0.379. The van der Waals surface area contributed by atoms with Gasteiger partial charge in [0.1, 0.15) is 0 Å². The first-order valence-corrected chi connectivity index (χ1v) is 9.60. The van der Waals surface area contributed by atoms with Gasteiger partial charge in [0.25, 0.3) is 10.2 Å². The van der Waals surface area contributed by atoms with Crippen LogP contribution in [0.2, 0.25) is 0 Å². The number of benzene rings is 1. The number of aromatic nitrogens is 1. The second-order valence-corrected chi connectivity index (χ2v) is 8.58. The van der Waals surface area contributed by atoms with Crippen molar-refractivity contribution in [1.29, 1.82) is 0 Å². The third-order valence-corrected chi connectivity index (χ3v) is 5.48. The molecule has 0 spiro atoms. The Morgan fingerprint density at radius 3 is 2.62 bits per heavy atom. The summed E-state index contributed by atoms with van der Waals surface area (Å²) in [6, 6.07) is 6.28. The molecule has 0 unspecified atom stereocenters. The highest BCUT2D eigenvalue weighted by atomic mass is 32.2. The molecular formula is C18H27N3O2S. The summed E-state index contributed by atoms with van der Waals surface area (Å²) in [5.74, 6) is 0.535. The lowest BCUT2D eigenvalue weighted by atomic mass is 10.1. The van der Waals surface area contributed by atoms with Crippen LogP contribution in [0.4, 0.5) is 0 Å². The Kier molecular flexibility index (Phi) is 5.85. The number of rotatable bonds is 8. The molecule has 6 heteroatoms. The fourth-order valence-electron chi connectivity index (χ4n) is 2.70. The van der Waals surface area contributed by atoms with E-state index >= 15 is 0 Å². The van der Waals surface area contributed by atoms with Crippen LogP contribution in [0.5, 0.6) is 0 Å². The summed E-state index contributed by atoms with van der Waals surface area (Å²) < 4.78 is 29.7. The molecule has 0 bridgehead atoms. The molecule has 0 radical (unpaired) electrons. The minimum atomic E-state index is -3.38. The zero-order valence-electron chi connectivity index (χ0n) is 14.9. The van der Waals surface area contributed by atoms with E-state index in [1.807, 2.05) is 12.1 Å². The van der Waals surface area contributed by atoms with Gasteiger partial charge in [-0.3, -0.25) is 0 Å². The van der Waals surface area contributed by atoms with Crippen LogP contribution in [-0.2, 0) is 23.2 Å². The maximum atomic E-state index is 11.8. The molecule has 5 nitrogen and oxygen atoms in total. The summed E-state index contributed by atoms with van der Waals surface area (Å²) in [6.45, 7) is 9.53. The van der Waals surface area contributed by atoms with Crippen molar-refractivity contribution in [3.63, 3.8) is 0 Å². The Balaban J connectivity index is 2.28. The van der Waals surface area contributed by atoms with Crippen LogP contribution >= 0.6 is 0 Å². The van der Waals surface area contributed by atoms with Crippen molar-refractivity contribution in [2.75, 3.05) is 20.6 Å². The molecule has 2 rings (SSSR count). The van der Waals surface area contributed by atoms with Crippen LogP contribution in [0, 0.1) is 5.92 Å². The molecule has 0 atom stereocenters. The fraction of sp³-hybridized carbons (Fsp3) is 0.444. The van der Waals surface area contributed by atoms with Gasteiger partial charge in [-0.1, -0.05) is 38.6 Å². The first-order chi connectivity index (χ1) is 11.2. The summed E-state index contributed by atoms with van der Waals surface area (Å²) in [6.07, 6.45) is 4.64. The van der Waals surface area contributed by atoms with Crippen LogP contribution in [0.3, 0.4) is 0 Å². The molecule has 1 heterocycles. The van der Waals surface area contributed by atoms with E-state index in [0.29, 0.717) is 18.9 Å². The van der Waals surface area contributed by atoms with E-state index in [-0.39, 0.29) is 0 Å². The van der Waals surface area contributed by atoms with Gasteiger partial charge >= 0.3 is 0 Å². The average Bonchev–Trinajstić information content (AvgIpc) is 2.83. The largest absolute Gasteiger partial charge is 0.347 e. The molecule has 1 N–H and O–H groups in total. The van der Waals surface area contributed by atoms with Crippen molar-refractivity contribution in [1.82, 2.24) is 13.6 Å². The highest BCUT2D eigenvalue weighted by molar-refractivity contribution is 7.87. The van der Waals surface area contributed by atoms with Crippen molar-refractivity contribution in [3.8, 4) is 0 Å². The standard InChI is InChI=1S/C18H27N3O2S/c1-6-15-7-8-17-16(9-10-19-24(22,23)20(4)5)13-21(12-14(2)3)18(17)11-15/h6-8,11,13-14,19H,1,9-10,12H2,2-5H3. The Hall–Kier alpha value is -1.63. The summed E-state index contributed by atoms with van der Waals surface area (Å²) in [5.41, 5.74) is 3.42. The Morgan fingerprint density at radius 2 is 2.04 bits per heavy atom. The molecular weight excluding hydrogens is 322 g/mol. The number of nitrogens with zero attached hydrogens (tertiary/aromatic N) is 2. The van der Waals surface area contributed by atoms with E-state index in [2.05, 4.69) is 48.0 Å². The van der Waals surface area contributed by atoms with Crippen molar-refractivity contribution in [2.24, 2.45) is 5.92 Å². The van der Waals surface area contributed by atoms with Gasteiger partial charge in [0.05, 0.1) is 0 Å². The lowest BCUT2D eigenvalue weighted by Gasteiger charge is -2.11. The summed E-state index contributed by atoms with van der Waals surface area (Å²) >= 11 is 0. The Bertz CT molecular complexity index is 820. The van der Waals surface area contributed by atoms with E-state index in [9.17, 15) is 8.42 Å². The van der Waals surface area contributed by atoms with Gasteiger partial charge in [-0.15, -0.1) is 0 Å². The van der Waals surface area contributed by atoms with Gasteiger partial charge in [-0.05, 0) is 29.5 Å². The molecule has 0 aliphatic carbocycles. The minimum Gasteiger partial charge on any atom is -0.347 e. The quantitative estimate of drug-likeness (QED) is 0.797. The molecule has 24 heavy (non-hydrogen) atoms. The Morgan fingerprint density at radius 1 is 1.33 bits per heavy atom. The van der Waals surface area contributed by atoms with Gasteiger partial charge in [0.15, 0.2) is 0 Å². The van der Waals surface area contributed by atoms with Crippen molar-refractivity contribution in [2.45, 2.75) is 26.8 Å². The van der Waals surface area contributed by atoms with Gasteiger partial charge < -0.3 is 4.57 Å². The van der Waals surface area contributed by atoms with E-state index in [4.69, 9.17) is 0 Å². The fourth-order valence-corrected chi connectivity index (χ4v) is 3.32. The molecule has 0 saturated carbocycles. The van der Waals surface area contributed by atoms with Crippen molar-refractivity contribution in [3.05, 3.63) is 42.1 Å². The second-order valence-electron chi connectivity index (χ2n) is 6.61. The predicted octanol–water partition coefficient (Wildman–Crippen LogP) is 2.88. The maximum Gasteiger partial charge on any atom is 0.278 e. The Labute approximate surface area is 145 Å². The van der Waals surface area contributed by atoms with E-state index in [0.717, 1.165) is 17.7 Å². The third-order valence-electron chi connectivity index (χ3n) is 3.95. The molecule has 0 fully saturated rings. The zero-order valence-corrected chi connectivity index (χ0v) is 15.7. The maximum absolute atomic E-state index is 11.8. The molecule has 1 aromatic heterocycles. The SMILES string of the molecule is C=Cc1ccc2c(CCNS(=O)(=O)N(C)C)cn(CC(C)C)c2c1. The molecule has 0 saturated heterocycles. The molecule has 1 aromatic carbocycles. The summed E-state index contributed by atoms with van der Waals surface area (Å²) in [7, 11) is -0.338. The first kappa shape index (κ1) is 18.7. The van der Waals surface area contributed by atoms with Crippen LogP contribution in [-0.4, -0.2) is 37.9 Å². The van der Waals surface area contributed by atoms with Gasteiger partial charge in [0, 0.05) is 44.3 Å². The average molecular weight is 350 g/mol. The lowest BCUT2D eigenvalue weighted by Crippen LogP contribution is -2.36. The molecule has 0 aliphatic rings. The van der Waals surface area contributed by atoms with Crippen LogP contribution < -0.4 is 4.72 Å². The van der Waals surface area contributed by atoms with E-state index in [1.54, 1.807) is 0 Å². The van der Waals surface area contributed by atoms with Crippen molar-refractivity contribution < 1.29 is 8.42 Å². The van der Waals surface area contributed by atoms with Crippen molar-refractivity contribution >= 4 is 27.2 Å². The van der Waals surface area contributed by atoms with Crippen LogP contribution in [0.1, 0.15) is 25.0 Å². The molecule has 132 valence electrons. The summed E-state index contributed by atoms with van der Waals surface area (Å²) in [5, 5.41) is 1.17. The predicted molar refractivity (Wildman–Crippen MR) is 101 cm³/mol. The monoisotopic (exact) mass is 349 g/mol. The molecule has 2 aromatic rings. The molecule has 0 aliphatic heterocycles. The number of hydrogen-bond acceptors (Lipinski definition) is 2. The van der Waals surface area contributed by atoms with Gasteiger partial charge in [-0.25, -0.2) is 4.72 Å². The smallest absolute Gasteiger partial charge is 0.278 e. The topological polar surface area (TPSA) is 54.3 Å². The van der Waals surface area contributed by atoms with Crippen LogP contribution in [0.25, 0.3) is 17.0 Å². The lowest BCUT2D eigenvalue weighted by molar-refractivity contribution is 0.506. The van der Waals surface area contributed by atoms with Gasteiger partial charge in [-0.2, -0.15) is 12.7 Å². The zero-order chi connectivity index (χ0) is 17.9. The van der Waals surface area contributed by atoms with Gasteiger partial charge in [0.2, 0.25) is 0 Å². The number of hydrogen-bond donors (Lipinski definition) is 1.